The lowest BCUT2D eigenvalue weighted by Crippen LogP contribution is -2.09. The van der Waals surface area contributed by atoms with Crippen molar-refractivity contribution >= 4 is 6.16 Å². The number of benzene rings is 1. The summed E-state index contributed by atoms with van der Waals surface area (Å²) >= 11 is 0. The van der Waals surface area contributed by atoms with Crippen LogP contribution in [0.3, 0.4) is 0 Å². The maximum atomic E-state index is 12.4. The van der Waals surface area contributed by atoms with Gasteiger partial charge in [0.05, 0.1) is 19.3 Å². The van der Waals surface area contributed by atoms with E-state index in [2.05, 4.69) is 9.47 Å². The van der Waals surface area contributed by atoms with Crippen LogP contribution in [-0.2, 0) is 22.1 Å². The molecule has 3 nitrogen and oxygen atoms in total. The average Bonchev–Trinajstić information content (AvgIpc) is 2.28. The highest BCUT2D eigenvalue weighted by Gasteiger charge is 2.30. The number of halogens is 3. The zero-order valence-corrected chi connectivity index (χ0v) is 9.08. The van der Waals surface area contributed by atoms with Crippen LogP contribution >= 0.6 is 0 Å². The minimum absolute atomic E-state index is 0.0199. The fourth-order valence-electron chi connectivity index (χ4n) is 1.21. The number of ether oxygens (including phenoxy) is 2. The fourth-order valence-corrected chi connectivity index (χ4v) is 1.21. The fraction of sp³-hybridized carbons (Fsp3) is 0.364. The molecule has 0 aliphatic carbocycles. The van der Waals surface area contributed by atoms with E-state index in [1.165, 1.54) is 12.1 Å². The van der Waals surface area contributed by atoms with Gasteiger partial charge in [-0.15, -0.1) is 0 Å². The molecule has 0 spiro atoms. The third-order valence-corrected chi connectivity index (χ3v) is 2.03. The molecule has 0 bridgehead atoms. The molecular weight excluding hydrogens is 237 g/mol. The summed E-state index contributed by atoms with van der Waals surface area (Å²) in [6.07, 6.45) is -5.00. The standard InChI is InChI=1S/C11H11F3O3/c1-16-10(15)17-6-5-8-3-2-4-9(7-8)11(12,13)14/h2-4,7H,5-6H2,1H3. The van der Waals surface area contributed by atoms with Gasteiger partial charge in [-0.1, -0.05) is 18.2 Å². The van der Waals surface area contributed by atoms with E-state index in [9.17, 15) is 18.0 Å². The summed E-state index contributed by atoms with van der Waals surface area (Å²) in [7, 11) is 1.16. The maximum Gasteiger partial charge on any atom is 0.507 e. The molecule has 0 heterocycles. The number of alkyl halides is 3. The molecule has 0 amide bonds. The molecule has 0 unspecified atom stereocenters. The number of rotatable bonds is 3. The lowest BCUT2D eigenvalue weighted by Gasteiger charge is -2.08. The van der Waals surface area contributed by atoms with Gasteiger partial charge < -0.3 is 9.47 Å². The van der Waals surface area contributed by atoms with Gasteiger partial charge in [0.2, 0.25) is 0 Å². The maximum absolute atomic E-state index is 12.4. The highest BCUT2D eigenvalue weighted by atomic mass is 19.4. The van der Waals surface area contributed by atoms with Crippen molar-refractivity contribution in [3.8, 4) is 0 Å². The van der Waals surface area contributed by atoms with Crippen LogP contribution in [-0.4, -0.2) is 19.9 Å². The second kappa shape index (κ2) is 5.56. The van der Waals surface area contributed by atoms with Gasteiger partial charge in [-0.05, 0) is 11.6 Å². The zero-order chi connectivity index (χ0) is 12.9. The smallest absolute Gasteiger partial charge is 0.438 e. The Balaban J connectivity index is 2.58. The summed E-state index contributed by atoms with van der Waals surface area (Å²) in [5, 5.41) is 0. The number of carbonyl (C=O) groups excluding carboxylic acids is 1. The first-order chi connectivity index (χ1) is 7.93. The average molecular weight is 248 g/mol. The molecule has 0 saturated heterocycles. The monoisotopic (exact) mass is 248 g/mol. The number of hydrogen-bond acceptors (Lipinski definition) is 3. The lowest BCUT2D eigenvalue weighted by molar-refractivity contribution is -0.137. The van der Waals surface area contributed by atoms with Crippen molar-refractivity contribution in [3.05, 3.63) is 35.4 Å². The van der Waals surface area contributed by atoms with Crippen LogP contribution in [0.4, 0.5) is 18.0 Å². The van der Waals surface area contributed by atoms with Crippen molar-refractivity contribution in [2.24, 2.45) is 0 Å². The van der Waals surface area contributed by atoms with E-state index in [0.29, 0.717) is 5.56 Å². The molecule has 0 saturated carbocycles. The minimum atomic E-state index is -4.36. The van der Waals surface area contributed by atoms with Crippen molar-refractivity contribution in [3.63, 3.8) is 0 Å². The van der Waals surface area contributed by atoms with Crippen LogP contribution in [0.25, 0.3) is 0 Å². The number of carbonyl (C=O) groups is 1. The van der Waals surface area contributed by atoms with Crippen molar-refractivity contribution in [2.75, 3.05) is 13.7 Å². The molecule has 0 aliphatic heterocycles. The minimum Gasteiger partial charge on any atom is -0.438 e. The largest absolute Gasteiger partial charge is 0.507 e. The van der Waals surface area contributed by atoms with Crippen molar-refractivity contribution in [1.82, 2.24) is 0 Å². The van der Waals surface area contributed by atoms with Gasteiger partial charge in [-0.2, -0.15) is 13.2 Å². The van der Waals surface area contributed by atoms with E-state index in [-0.39, 0.29) is 13.0 Å². The van der Waals surface area contributed by atoms with Gasteiger partial charge in [-0.3, -0.25) is 0 Å². The van der Waals surface area contributed by atoms with Crippen LogP contribution in [0.5, 0.6) is 0 Å². The molecular formula is C11H11F3O3. The summed E-state index contributed by atoms with van der Waals surface area (Å²) < 4.78 is 45.9. The van der Waals surface area contributed by atoms with E-state index < -0.39 is 17.9 Å². The molecule has 94 valence electrons. The molecule has 1 rings (SSSR count). The Morgan fingerprint density at radius 3 is 2.65 bits per heavy atom. The topological polar surface area (TPSA) is 35.5 Å². The first kappa shape index (κ1) is 13.3. The van der Waals surface area contributed by atoms with Crippen molar-refractivity contribution in [2.45, 2.75) is 12.6 Å². The Morgan fingerprint density at radius 2 is 2.06 bits per heavy atom. The third-order valence-electron chi connectivity index (χ3n) is 2.03. The molecule has 1 aromatic carbocycles. The van der Waals surface area contributed by atoms with Crippen LogP contribution in [0.15, 0.2) is 24.3 Å². The number of methoxy groups -OCH3 is 1. The summed E-state index contributed by atoms with van der Waals surface area (Å²) in [5.41, 5.74) is -0.267. The first-order valence-corrected chi connectivity index (χ1v) is 4.80. The quantitative estimate of drug-likeness (QED) is 0.771. The molecule has 1 aromatic rings. The zero-order valence-electron chi connectivity index (χ0n) is 9.08. The Morgan fingerprint density at radius 1 is 1.35 bits per heavy atom. The van der Waals surface area contributed by atoms with E-state index >= 15 is 0 Å². The lowest BCUT2D eigenvalue weighted by atomic mass is 10.1. The van der Waals surface area contributed by atoms with E-state index in [1.807, 2.05) is 0 Å². The molecule has 0 atom stereocenters. The number of hydrogen-bond donors (Lipinski definition) is 0. The van der Waals surface area contributed by atoms with E-state index in [1.54, 1.807) is 0 Å². The molecule has 6 heteroatoms. The van der Waals surface area contributed by atoms with Gasteiger partial charge >= 0.3 is 12.3 Å². The van der Waals surface area contributed by atoms with Gasteiger partial charge in [0, 0.05) is 6.42 Å². The predicted octanol–water partition coefficient (Wildman–Crippen LogP) is 3.03. The highest BCUT2D eigenvalue weighted by Crippen LogP contribution is 2.29. The van der Waals surface area contributed by atoms with E-state index in [0.717, 1.165) is 19.2 Å². The van der Waals surface area contributed by atoms with Gasteiger partial charge in [0.1, 0.15) is 0 Å². The summed E-state index contributed by atoms with van der Waals surface area (Å²) in [4.78, 5) is 10.6. The molecule has 0 N–H and O–H groups in total. The van der Waals surface area contributed by atoms with Crippen LogP contribution in [0, 0.1) is 0 Å². The third kappa shape index (κ3) is 4.34. The molecule has 0 radical (unpaired) electrons. The normalized spacial score (nSPS) is 11.1. The van der Waals surface area contributed by atoms with Gasteiger partial charge in [-0.25, -0.2) is 4.79 Å². The Kier molecular flexibility index (Phi) is 4.37. The second-order valence-electron chi connectivity index (χ2n) is 3.25. The predicted molar refractivity (Wildman–Crippen MR) is 53.5 cm³/mol. The first-order valence-electron chi connectivity index (χ1n) is 4.80. The SMILES string of the molecule is COC(=O)OCCc1cccc(C(F)(F)F)c1. The highest BCUT2D eigenvalue weighted by molar-refractivity contribution is 5.59. The van der Waals surface area contributed by atoms with Gasteiger partial charge in [0.25, 0.3) is 0 Å². The van der Waals surface area contributed by atoms with Crippen LogP contribution in [0.2, 0.25) is 0 Å². The summed E-state index contributed by atoms with van der Waals surface area (Å²) in [5.74, 6) is 0. The van der Waals surface area contributed by atoms with Gasteiger partial charge in [0.15, 0.2) is 0 Å². The Labute approximate surface area is 96.1 Å². The van der Waals surface area contributed by atoms with Crippen molar-refractivity contribution < 1.29 is 27.4 Å². The molecule has 0 aromatic heterocycles. The van der Waals surface area contributed by atoms with E-state index in [4.69, 9.17) is 0 Å². The van der Waals surface area contributed by atoms with Crippen LogP contribution in [0.1, 0.15) is 11.1 Å². The second-order valence-corrected chi connectivity index (χ2v) is 3.25. The molecule has 0 fully saturated rings. The Bertz CT molecular complexity index is 388. The van der Waals surface area contributed by atoms with Crippen LogP contribution < -0.4 is 0 Å². The summed E-state index contributed by atoms with van der Waals surface area (Å²) in [6.45, 7) is -0.0199. The molecule has 0 aliphatic rings. The summed E-state index contributed by atoms with van der Waals surface area (Å²) in [6, 6.07) is 4.87. The molecule has 17 heavy (non-hydrogen) atoms. The van der Waals surface area contributed by atoms with Crippen molar-refractivity contribution in [1.29, 1.82) is 0 Å². The Hall–Kier alpha value is -1.72.